The number of alkyl halides is 3. The second-order valence-electron chi connectivity index (χ2n) is 6.45. The van der Waals surface area contributed by atoms with Crippen LogP contribution in [-0.2, 0) is 6.42 Å². The maximum atomic E-state index is 12.2. The number of allylic oxidation sites excluding steroid dienone is 1. The Morgan fingerprint density at radius 1 is 0.828 bits per heavy atom. The Morgan fingerprint density at radius 2 is 1.41 bits per heavy atom. The molecule has 0 N–H and O–H groups in total. The zero-order chi connectivity index (χ0) is 20.7. The van der Waals surface area contributed by atoms with Crippen molar-refractivity contribution in [1.82, 2.24) is 0 Å². The van der Waals surface area contributed by atoms with Crippen LogP contribution in [0.5, 0.6) is 5.75 Å². The fourth-order valence-corrected chi connectivity index (χ4v) is 2.78. The van der Waals surface area contributed by atoms with E-state index in [1.807, 2.05) is 42.5 Å². The van der Waals surface area contributed by atoms with Crippen molar-refractivity contribution in [2.24, 2.45) is 4.99 Å². The van der Waals surface area contributed by atoms with E-state index in [1.165, 1.54) is 17.7 Å². The van der Waals surface area contributed by atoms with E-state index >= 15 is 0 Å². The van der Waals surface area contributed by atoms with Gasteiger partial charge in [-0.05, 0) is 59.4 Å². The lowest BCUT2D eigenvalue weighted by Crippen LogP contribution is -2.16. The number of rotatable bonds is 7. The van der Waals surface area contributed by atoms with E-state index in [4.69, 9.17) is 0 Å². The minimum atomic E-state index is -4.69. The van der Waals surface area contributed by atoms with E-state index in [0.717, 1.165) is 35.2 Å². The Balaban J connectivity index is 1.64. The summed E-state index contributed by atoms with van der Waals surface area (Å²) in [6.45, 7) is 3.73. The van der Waals surface area contributed by atoms with Gasteiger partial charge in [-0.1, -0.05) is 54.6 Å². The van der Waals surface area contributed by atoms with Gasteiger partial charge in [-0.25, -0.2) is 0 Å². The van der Waals surface area contributed by atoms with Crippen molar-refractivity contribution in [1.29, 1.82) is 0 Å². The molecule has 0 spiro atoms. The molecule has 3 rings (SSSR count). The van der Waals surface area contributed by atoms with Gasteiger partial charge in [-0.3, -0.25) is 4.99 Å². The van der Waals surface area contributed by atoms with Crippen molar-refractivity contribution in [2.75, 3.05) is 0 Å². The second kappa shape index (κ2) is 9.24. The first-order valence-electron chi connectivity index (χ1n) is 9.13. The van der Waals surface area contributed by atoms with Gasteiger partial charge >= 0.3 is 6.36 Å². The van der Waals surface area contributed by atoms with Gasteiger partial charge in [0.1, 0.15) is 5.75 Å². The number of hydrogen-bond acceptors (Lipinski definition) is 2. The topological polar surface area (TPSA) is 21.6 Å². The van der Waals surface area contributed by atoms with E-state index in [9.17, 15) is 13.2 Å². The number of nitrogens with zero attached hydrogens (tertiary/aromatic N) is 1. The van der Waals surface area contributed by atoms with Gasteiger partial charge < -0.3 is 4.74 Å². The standard InChI is InChI=1S/C24H20F3NO/c1-2-3-4-18-5-7-19(8-6-18)17-28-22-13-9-20(10-14-22)21-11-15-23(16-12-21)29-24(25,26)27/h2,5-17H,1,3-4H2. The van der Waals surface area contributed by atoms with Crippen molar-refractivity contribution < 1.29 is 17.9 Å². The van der Waals surface area contributed by atoms with Crippen LogP contribution in [0.15, 0.2) is 90.4 Å². The van der Waals surface area contributed by atoms with Crippen LogP contribution in [0.2, 0.25) is 0 Å². The lowest BCUT2D eigenvalue weighted by Gasteiger charge is -2.09. The summed E-state index contributed by atoms with van der Waals surface area (Å²) in [4.78, 5) is 4.47. The van der Waals surface area contributed by atoms with Crippen molar-refractivity contribution in [3.8, 4) is 16.9 Å². The third kappa shape index (κ3) is 6.35. The van der Waals surface area contributed by atoms with Gasteiger partial charge in [-0.15, -0.1) is 19.8 Å². The zero-order valence-corrected chi connectivity index (χ0v) is 15.7. The average Bonchev–Trinajstić information content (AvgIpc) is 2.71. The molecule has 0 saturated carbocycles. The Labute approximate surface area is 168 Å². The summed E-state index contributed by atoms with van der Waals surface area (Å²) < 4.78 is 40.6. The summed E-state index contributed by atoms with van der Waals surface area (Å²) in [5.74, 6) is -0.238. The van der Waals surface area contributed by atoms with Crippen LogP contribution in [0.4, 0.5) is 18.9 Å². The molecule has 0 aliphatic carbocycles. The first-order valence-corrected chi connectivity index (χ1v) is 9.13. The molecule has 0 heterocycles. The van der Waals surface area contributed by atoms with Crippen LogP contribution >= 0.6 is 0 Å². The normalized spacial score (nSPS) is 11.6. The molecule has 148 valence electrons. The van der Waals surface area contributed by atoms with Gasteiger partial charge in [0.25, 0.3) is 0 Å². The molecule has 0 radical (unpaired) electrons. The molecular weight excluding hydrogens is 375 g/mol. The summed E-state index contributed by atoms with van der Waals surface area (Å²) in [5, 5.41) is 0. The second-order valence-corrected chi connectivity index (χ2v) is 6.45. The molecule has 0 bridgehead atoms. The van der Waals surface area contributed by atoms with Gasteiger partial charge in [0.2, 0.25) is 0 Å². The molecule has 0 atom stereocenters. The maximum Gasteiger partial charge on any atom is 0.573 e. The molecule has 3 aromatic carbocycles. The molecule has 3 aromatic rings. The zero-order valence-electron chi connectivity index (χ0n) is 15.7. The molecule has 5 heteroatoms. The molecule has 0 aromatic heterocycles. The Bertz CT molecular complexity index is 957. The number of benzene rings is 3. The highest BCUT2D eigenvalue weighted by Gasteiger charge is 2.30. The fourth-order valence-electron chi connectivity index (χ4n) is 2.78. The van der Waals surface area contributed by atoms with Gasteiger partial charge in [0, 0.05) is 6.21 Å². The fraction of sp³-hybridized carbons (Fsp3) is 0.125. The molecular formula is C24H20F3NO. The molecule has 0 saturated heterocycles. The number of hydrogen-bond donors (Lipinski definition) is 0. The SMILES string of the molecule is C=CCCc1ccc(C=Nc2ccc(-c3ccc(OC(F)(F)F)cc3)cc2)cc1. The molecule has 2 nitrogen and oxygen atoms in total. The quantitative estimate of drug-likeness (QED) is 0.308. The molecule has 0 aliphatic heterocycles. The van der Waals surface area contributed by atoms with Crippen LogP contribution in [0, 0.1) is 0 Å². The molecule has 0 amide bonds. The van der Waals surface area contributed by atoms with Gasteiger partial charge in [0.05, 0.1) is 5.69 Å². The van der Waals surface area contributed by atoms with Crippen LogP contribution in [0.1, 0.15) is 17.5 Å². The number of halogens is 3. The van der Waals surface area contributed by atoms with E-state index < -0.39 is 6.36 Å². The number of ether oxygens (including phenoxy) is 1. The summed E-state index contributed by atoms with van der Waals surface area (Å²) in [7, 11) is 0. The monoisotopic (exact) mass is 395 g/mol. The highest BCUT2D eigenvalue weighted by Crippen LogP contribution is 2.27. The van der Waals surface area contributed by atoms with Crippen LogP contribution in [0.3, 0.4) is 0 Å². The van der Waals surface area contributed by atoms with E-state index in [0.29, 0.717) is 0 Å². The number of aryl methyl sites for hydroxylation is 1. The van der Waals surface area contributed by atoms with Crippen molar-refractivity contribution in [2.45, 2.75) is 19.2 Å². The molecule has 0 aliphatic rings. The number of aliphatic imine (C=N–C) groups is 1. The maximum absolute atomic E-state index is 12.2. The lowest BCUT2D eigenvalue weighted by molar-refractivity contribution is -0.274. The van der Waals surface area contributed by atoms with Crippen LogP contribution in [-0.4, -0.2) is 12.6 Å². The molecule has 29 heavy (non-hydrogen) atoms. The predicted octanol–water partition coefficient (Wildman–Crippen LogP) is 7.12. The summed E-state index contributed by atoms with van der Waals surface area (Å²) in [6, 6.07) is 21.5. The first-order chi connectivity index (χ1) is 13.9. The van der Waals surface area contributed by atoms with Crippen LogP contribution in [0.25, 0.3) is 11.1 Å². The smallest absolute Gasteiger partial charge is 0.406 e. The average molecular weight is 395 g/mol. The van der Waals surface area contributed by atoms with E-state index in [2.05, 4.69) is 28.4 Å². The predicted molar refractivity (Wildman–Crippen MR) is 111 cm³/mol. The summed E-state index contributed by atoms with van der Waals surface area (Å²) >= 11 is 0. The third-order valence-corrected chi connectivity index (χ3v) is 4.27. The van der Waals surface area contributed by atoms with Gasteiger partial charge in [-0.2, -0.15) is 0 Å². The highest BCUT2D eigenvalue weighted by molar-refractivity contribution is 5.82. The minimum Gasteiger partial charge on any atom is -0.406 e. The third-order valence-electron chi connectivity index (χ3n) is 4.27. The van der Waals surface area contributed by atoms with Crippen molar-refractivity contribution in [3.05, 3.63) is 96.6 Å². The minimum absolute atomic E-state index is 0.238. The van der Waals surface area contributed by atoms with Crippen molar-refractivity contribution in [3.63, 3.8) is 0 Å². The van der Waals surface area contributed by atoms with Crippen molar-refractivity contribution >= 4 is 11.9 Å². The van der Waals surface area contributed by atoms with E-state index in [-0.39, 0.29) is 5.75 Å². The first kappa shape index (κ1) is 20.4. The van der Waals surface area contributed by atoms with Gasteiger partial charge in [0.15, 0.2) is 0 Å². The largest absolute Gasteiger partial charge is 0.573 e. The van der Waals surface area contributed by atoms with Crippen LogP contribution < -0.4 is 4.74 Å². The summed E-state index contributed by atoms with van der Waals surface area (Å²) in [5.41, 5.74) is 4.75. The highest BCUT2D eigenvalue weighted by atomic mass is 19.4. The lowest BCUT2D eigenvalue weighted by atomic mass is 10.1. The Hall–Kier alpha value is -3.34. The van der Waals surface area contributed by atoms with E-state index in [1.54, 1.807) is 18.3 Å². The molecule has 0 fully saturated rings. The Morgan fingerprint density at radius 3 is 1.97 bits per heavy atom. The Kier molecular flexibility index (Phi) is 6.50. The summed E-state index contributed by atoms with van der Waals surface area (Å²) in [6.07, 6.45) is 0.954. The molecule has 0 unspecified atom stereocenters.